The largest absolute Gasteiger partial charge is 0.294 e. The zero-order valence-corrected chi connectivity index (χ0v) is 7.21. The van der Waals surface area contributed by atoms with Crippen LogP contribution in [0.25, 0.3) is 0 Å². The molecule has 0 aromatic carbocycles. The van der Waals surface area contributed by atoms with Gasteiger partial charge in [-0.25, -0.2) is 9.97 Å². The number of nitrogens with one attached hydrogen (secondary N) is 1. The molecule has 4 nitrogen and oxygen atoms in total. The van der Waals surface area contributed by atoms with E-state index in [9.17, 15) is 4.79 Å². The predicted molar refractivity (Wildman–Crippen MR) is 44.5 cm³/mol. The highest BCUT2D eigenvalue weighted by atomic mass is 79.9. The number of rotatable bonds is 2. The first-order chi connectivity index (χ1) is 5.33. The summed E-state index contributed by atoms with van der Waals surface area (Å²) < 4.78 is 0. The van der Waals surface area contributed by atoms with E-state index in [0.717, 1.165) is 0 Å². The van der Waals surface area contributed by atoms with Crippen LogP contribution in [0.2, 0.25) is 0 Å². The van der Waals surface area contributed by atoms with Gasteiger partial charge in [-0.3, -0.25) is 10.1 Å². The second-order valence-electron chi connectivity index (χ2n) is 1.75. The molecule has 0 aliphatic heterocycles. The Bertz CT molecular complexity index is 239. The number of halogens is 1. The standard InChI is InChI=1S/C6H6BrN3O/c7-4-5(11)10-6-8-2-1-3-9-6/h1-3H,4H2,(H,8,9,10,11). The second-order valence-corrected chi connectivity index (χ2v) is 2.31. The Labute approximate surface area is 72.2 Å². The van der Waals surface area contributed by atoms with Gasteiger partial charge >= 0.3 is 0 Å². The topological polar surface area (TPSA) is 54.9 Å². The Morgan fingerprint density at radius 3 is 2.73 bits per heavy atom. The van der Waals surface area contributed by atoms with Gasteiger partial charge < -0.3 is 0 Å². The first-order valence-corrected chi connectivity index (χ1v) is 4.08. The molecular weight excluding hydrogens is 210 g/mol. The minimum Gasteiger partial charge on any atom is -0.294 e. The third-order valence-corrected chi connectivity index (χ3v) is 1.45. The van der Waals surface area contributed by atoms with Crippen LogP contribution in [0.3, 0.4) is 0 Å². The van der Waals surface area contributed by atoms with E-state index in [1.807, 2.05) is 0 Å². The Morgan fingerprint density at radius 1 is 1.55 bits per heavy atom. The lowest BCUT2D eigenvalue weighted by Crippen LogP contribution is -2.14. The molecule has 1 heterocycles. The molecule has 0 unspecified atom stereocenters. The SMILES string of the molecule is O=C(CBr)Nc1ncccn1. The van der Waals surface area contributed by atoms with Gasteiger partial charge in [-0.05, 0) is 6.07 Å². The lowest BCUT2D eigenvalue weighted by Gasteiger charge is -1.97. The summed E-state index contributed by atoms with van der Waals surface area (Å²) in [6, 6.07) is 1.68. The van der Waals surface area contributed by atoms with Gasteiger partial charge in [0.2, 0.25) is 11.9 Å². The van der Waals surface area contributed by atoms with E-state index in [1.165, 1.54) is 0 Å². The highest BCUT2D eigenvalue weighted by Crippen LogP contribution is 1.94. The summed E-state index contributed by atoms with van der Waals surface area (Å²) in [5, 5.41) is 2.74. The smallest absolute Gasteiger partial charge is 0.237 e. The van der Waals surface area contributed by atoms with E-state index in [0.29, 0.717) is 5.95 Å². The molecule has 0 aliphatic carbocycles. The third-order valence-electron chi connectivity index (χ3n) is 0.938. The number of hydrogen-bond donors (Lipinski definition) is 1. The maximum absolute atomic E-state index is 10.7. The average Bonchev–Trinajstić information content (AvgIpc) is 2.06. The number of hydrogen-bond acceptors (Lipinski definition) is 3. The van der Waals surface area contributed by atoms with Gasteiger partial charge in [0, 0.05) is 12.4 Å². The van der Waals surface area contributed by atoms with Gasteiger partial charge in [0.1, 0.15) is 0 Å². The molecular formula is C6H6BrN3O. The number of amides is 1. The van der Waals surface area contributed by atoms with Gasteiger partial charge in [0.15, 0.2) is 0 Å². The Balaban J connectivity index is 2.58. The summed E-state index contributed by atoms with van der Waals surface area (Å²) in [7, 11) is 0. The molecule has 1 N–H and O–H groups in total. The summed E-state index contributed by atoms with van der Waals surface area (Å²) >= 11 is 3.00. The molecule has 0 bridgehead atoms. The molecule has 1 rings (SSSR count). The van der Waals surface area contributed by atoms with Gasteiger partial charge in [-0.2, -0.15) is 0 Å². The number of nitrogens with zero attached hydrogens (tertiary/aromatic N) is 2. The number of aromatic nitrogens is 2. The van der Waals surface area contributed by atoms with Crippen LogP contribution in [0.4, 0.5) is 5.95 Å². The normalized spacial score (nSPS) is 9.18. The van der Waals surface area contributed by atoms with Crippen molar-refractivity contribution in [2.24, 2.45) is 0 Å². The summed E-state index contributed by atoms with van der Waals surface area (Å²) in [5.74, 6) is 0.174. The van der Waals surface area contributed by atoms with Crippen molar-refractivity contribution >= 4 is 27.8 Å². The van der Waals surface area contributed by atoms with Crippen LogP contribution in [-0.4, -0.2) is 21.2 Å². The summed E-state index contributed by atoms with van der Waals surface area (Å²) in [6.45, 7) is 0. The monoisotopic (exact) mass is 215 g/mol. The Hall–Kier alpha value is -0.970. The zero-order chi connectivity index (χ0) is 8.10. The molecule has 0 saturated carbocycles. The Morgan fingerprint density at radius 2 is 2.18 bits per heavy atom. The molecule has 0 atom stereocenters. The fraction of sp³-hybridized carbons (Fsp3) is 0.167. The molecule has 0 fully saturated rings. The zero-order valence-electron chi connectivity index (χ0n) is 5.62. The van der Waals surface area contributed by atoms with Crippen LogP contribution in [-0.2, 0) is 4.79 Å². The third kappa shape index (κ3) is 2.63. The van der Waals surface area contributed by atoms with Crippen molar-refractivity contribution in [3.05, 3.63) is 18.5 Å². The fourth-order valence-electron chi connectivity index (χ4n) is 0.522. The van der Waals surface area contributed by atoms with E-state index in [2.05, 4.69) is 31.2 Å². The minimum absolute atomic E-state index is 0.156. The highest BCUT2D eigenvalue weighted by Gasteiger charge is 1.99. The van der Waals surface area contributed by atoms with Crippen molar-refractivity contribution in [3.63, 3.8) is 0 Å². The quantitative estimate of drug-likeness (QED) is 0.744. The molecule has 0 spiro atoms. The molecule has 1 aromatic heterocycles. The second kappa shape index (κ2) is 4.02. The lowest BCUT2D eigenvalue weighted by molar-refractivity contribution is -0.113. The lowest BCUT2D eigenvalue weighted by atomic mass is 10.6. The van der Waals surface area contributed by atoms with E-state index in [1.54, 1.807) is 18.5 Å². The maximum atomic E-state index is 10.7. The van der Waals surface area contributed by atoms with Crippen molar-refractivity contribution in [3.8, 4) is 0 Å². The van der Waals surface area contributed by atoms with Gasteiger partial charge in [0.25, 0.3) is 0 Å². The van der Waals surface area contributed by atoms with Crippen LogP contribution >= 0.6 is 15.9 Å². The molecule has 1 amide bonds. The van der Waals surface area contributed by atoms with Crippen LogP contribution < -0.4 is 5.32 Å². The molecule has 5 heteroatoms. The van der Waals surface area contributed by atoms with Crippen molar-refractivity contribution < 1.29 is 4.79 Å². The molecule has 0 aliphatic rings. The van der Waals surface area contributed by atoms with Gasteiger partial charge in [-0.15, -0.1) is 0 Å². The van der Waals surface area contributed by atoms with Crippen molar-refractivity contribution in [1.29, 1.82) is 0 Å². The van der Waals surface area contributed by atoms with Crippen molar-refractivity contribution in [2.45, 2.75) is 0 Å². The van der Waals surface area contributed by atoms with Crippen LogP contribution in [0.15, 0.2) is 18.5 Å². The fourth-order valence-corrected chi connectivity index (χ4v) is 0.662. The first-order valence-electron chi connectivity index (χ1n) is 2.96. The summed E-state index contributed by atoms with van der Waals surface area (Å²) in [6.07, 6.45) is 3.13. The molecule has 58 valence electrons. The first kappa shape index (κ1) is 8.13. The van der Waals surface area contributed by atoms with Crippen molar-refractivity contribution in [2.75, 3.05) is 10.6 Å². The molecule has 11 heavy (non-hydrogen) atoms. The number of anilines is 1. The maximum Gasteiger partial charge on any atom is 0.237 e. The number of carbonyl (C=O) groups excluding carboxylic acids is 1. The van der Waals surface area contributed by atoms with E-state index >= 15 is 0 Å². The molecule has 0 radical (unpaired) electrons. The number of carbonyl (C=O) groups is 1. The van der Waals surface area contributed by atoms with Crippen molar-refractivity contribution in [1.82, 2.24) is 9.97 Å². The van der Waals surface area contributed by atoms with E-state index in [-0.39, 0.29) is 11.2 Å². The van der Waals surface area contributed by atoms with Crippen LogP contribution in [0.1, 0.15) is 0 Å². The summed E-state index contributed by atoms with van der Waals surface area (Å²) in [5.41, 5.74) is 0. The van der Waals surface area contributed by atoms with E-state index < -0.39 is 0 Å². The summed E-state index contributed by atoms with van der Waals surface area (Å²) in [4.78, 5) is 18.3. The van der Waals surface area contributed by atoms with Crippen LogP contribution in [0.5, 0.6) is 0 Å². The van der Waals surface area contributed by atoms with Crippen LogP contribution in [0, 0.1) is 0 Å². The molecule has 0 saturated heterocycles. The number of alkyl halides is 1. The Kier molecular flexibility index (Phi) is 2.97. The van der Waals surface area contributed by atoms with E-state index in [4.69, 9.17) is 0 Å². The predicted octanol–water partition coefficient (Wildman–Crippen LogP) is 0.810. The minimum atomic E-state index is -0.156. The highest BCUT2D eigenvalue weighted by molar-refractivity contribution is 9.09. The average molecular weight is 216 g/mol. The van der Waals surface area contributed by atoms with Gasteiger partial charge in [0.05, 0.1) is 5.33 Å². The van der Waals surface area contributed by atoms with Gasteiger partial charge in [-0.1, -0.05) is 15.9 Å². The molecule has 1 aromatic rings.